The van der Waals surface area contributed by atoms with Gasteiger partial charge in [0.2, 0.25) is 5.91 Å². The first kappa shape index (κ1) is 23.7. The number of halogens is 1. The van der Waals surface area contributed by atoms with E-state index in [2.05, 4.69) is 15.6 Å². The molecule has 0 aliphatic carbocycles. The van der Waals surface area contributed by atoms with Gasteiger partial charge in [0, 0.05) is 48.3 Å². The molecule has 0 fully saturated rings. The molecule has 0 unspecified atom stereocenters. The average Bonchev–Trinajstić information content (AvgIpc) is 3.08. The summed E-state index contributed by atoms with van der Waals surface area (Å²) in [6, 6.07) is 14.4. The number of carbonyl (C=O) groups is 3. The lowest BCUT2D eigenvalue weighted by atomic mass is 10.1. The van der Waals surface area contributed by atoms with E-state index in [0.717, 1.165) is 53.7 Å². The van der Waals surface area contributed by atoms with Crippen LogP contribution >= 0.6 is 11.6 Å². The summed E-state index contributed by atoms with van der Waals surface area (Å²) in [5.74, 6) is -0.806. The Hall–Kier alpha value is -3.45. The number of nitrogens with one attached hydrogen (secondary N) is 2. The highest BCUT2D eigenvalue weighted by atomic mass is 35.5. The summed E-state index contributed by atoms with van der Waals surface area (Å²) in [7, 11) is 0. The second kappa shape index (κ2) is 11.1. The van der Waals surface area contributed by atoms with Gasteiger partial charge in [-0.15, -0.1) is 0 Å². The van der Waals surface area contributed by atoms with E-state index in [4.69, 9.17) is 11.6 Å². The van der Waals surface area contributed by atoms with Crippen LogP contribution in [0.3, 0.4) is 0 Å². The number of rotatable bonds is 11. The minimum absolute atomic E-state index is 0.0970. The Morgan fingerprint density at radius 1 is 0.912 bits per heavy atom. The highest BCUT2D eigenvalue weighted by Crippen LogP contribution is 2.24. The van der Waals surface area contributed by atoms with Crippen molar-refractivity contribution in [3.8, 4) is 0 Å². The Morgan fingerprint density at radius 2 is 1.62 bits per heavy atom. The summed E-state index contributed by atoms with van der Waals surface area (Å²) in [6.45, 7) is 1.54. The molecule has 0 radical (unpaired) electrons. The van der Waals surface area contributed by atoms with Crippen molar-refractivity contribution in [3.63, 3.8) is 0 Å². The molecular weight excluding hydrogens is 452 g/mol. The predicted octanol–water partition coefficient (Wildman–Crippen LogP) is 4.66. The van der Waals surface area contributed by atoms with Crippen molar-refractivity contribution in [3.05, 3.63) is 70.9 Å². The third-order valence-corrected chi connectivity index (χ3v) is 6.12. The minimum atomic E-state index is -0.328. The number of hydrogen-bond donors (Lipinski definition) is 2. The molecule has 7 nitrogen and oxygen atoms in total. The van der Waals surface area contributed by atoms with Gasteiger partial charge in [-0.25, -0.2) is 0 Å². The lowest BCUT2D eigenvalue weighted by Crippen LogP contribution is -2.34. The number of nitrogens with zero attached hydrogens (tertiary/aromatic N) is 2. The zero-order valence-electron chi connectivity index (χ0n) is 18.9. The molecule has 2 heterocycles. The smallest absolute Gasteiger partial charge is 0.261 e. The van der Waals surface area contributed by atoms with Crippen LogP contribution in [0.25, 0.3) is 10.9 Å². The van der Waals surface area contributed by atoms with Gasteiger partial charge in [0.05, 0.1) is 16.6 Å². The van der Waals surface area contributed by atoms with Crippen LogP contribution in [0.15, 0.2) is 54.7 Å². The first-order chi connectivity index (χ1) is 16.5. The Bertz CT molecular complexity index is 1180. The van der Waals surface area contributed by atoms with Crippen LogP contribution in [0.5, 0.6) is 0 Å². The standard InChI is InChI=1S/C26H27ClN4O3/c27-18-9-10-21-22(11-15-29-23(21)17-18)28-13-5-1-2-6-14-30-24(32)12-16-31-25(33)19-7-3-4-8-20(19)26(31)34/h3-4,7-11,15,17H,1-2,5-6,12-14,16H2,(H,28,29)(H,30,32). The first-order valence-electron chi connectivity index (χ1n) is 11.5. The van der Waals surface area contributed by atoms with Crippen LogP contribution in [0, 0.1) is 0 Å². The van der Waals surface area contributed by atoms with E-state index >= 15 is 0 Å². The quantitative estimate of drug-likeness (QED) is 0.309. The van der Waals surface area contributed by atoms with Gasteiger partial charge >= 0.3 is 0 Å². The molecule has 8 heteroatoms. The van der Waals surface area contributed by atoms with E-state index in [0.29, 0.717) is 22.7 Å². The maximum absolute atomic E-state index is 12.3. The van der Waals surface area contributed by atoms with Gasteiger partial charge in [-0.05, 0) is 49.2 Å². The molecule has 3 amide bonds. The number of pyridine rings is 1. The van der Waals surface area contributed by atoms with Gasteiger partial charge in [0.1, 0.15) is 0 Å². The first-order valence-corrected chi connectivity index (χ1v) is 11.9. The van der Waals surface area contributed by atoms with E-state index in [9.17, 15) is 14.4 Å². The molecule has 2 aromatic carbocycles. The minimum Gasteiger partial charge on any atom is -0.384 e. The average molecular weight is 479 g/mol. The SMILES string of the molecule is O=C(CCN1C(=O)c2ccccc2C1=O)NCCCCCCNc1ccnc2cc(Cl)ccc12. The topological polar surface area (TPSA) is 91.4 Å². The van der Waals surface area contributed by atoms with Gasteiger partial charge in [-0.1, -0.05) is 36.6 Å². The van der Waals surface area contributed by atoms with Crippen molar-refractivity contribution in [2.45, 2.75) is 32.1 Å². The van der Waals surface area contributed by atoms with Crippen LogP contribution in [-0.2, 0) is 4.79 Å². The van der Waals surface area contributed by atoms with E-state index < -0.39 is 0 Å². The Labute approximate surface area is 203 Å². The van der Waals surface area contributed by atoms with E-state index in [1.54, 1.807) is 30.5 Å². The lowest BCUT2D eigenvalue weighted by molar-refractivity contribution is -0.121. The second-order valence-electron chi connectivity index (χ2n) is 8.27. The fourth-order valence-electron chi connectivity index (χ4n) is 4.07. The van der Waals surface area contributed by atoms with Crippen molar-refractivity contribution >= 4 is 45.9 Å². The van der Waals surface area contributed by atoms with E-state index in [1.807, 2.05) is 24.3 Å². The van der Waals surface area contributed by atoms with Gasteiger partial charge in [0.15, 0.2) is 0 Å². The van der Waals surface area contributed by atoms with Crippen LogP contribution in [-0.4, -0.2) is 47.2 Å². The third kappa shape index (κ3) is 5.54. The number of anilines is 1. The second-order valence-corrected chi connectivity index (χ2v) is 8.70. The number of imide groups is 1. The zero-order valence-corrected chi connectivity index (χ0v) is 19.6. The number of amides is 3. The zero-order chi connectivity index (χ0) is 23.9. The van der Waals surface area contributed by atoms with Crippen LogP contribution in [0.2, 0.25) is 5.02 Å². The highest BCUT2D eigenvalue weighted by molar-refractivity contribution is 6.31. The largest absolute Gasteiger partial charge is 0.384 e. The van der Waals surface area contributed by atoms with Crippen molar-refractivity contribution in [2.24, 2.45) is 0 Å². The third-order valence-electron chi connectivity index (χ3n) is 5.89. The van der Waals surface area contributed by atoms with Gasteiger partial charge in [0.25, 0.3) is 11.8 Å². The van der Waals surface area contributed by atoms with Crippen molar-refractivity contribution < 1.29 is 14.4 Å². The maximum Gasteiger partial charge on any atom is 0.261 e. The Kier molecular flexibility index (Phi) is 7.75. The molecule has 176 valence electrons. The van der Waals surface area contributed by atoms with Gasteiger partial charge in [-0.3, -0.25) is 24.3 Å². The number of hydrogen-bond acceptors (Lipinski definition) is 5. The van der Waals surface area contributed by atoms with Crippen molar-refractivity contribution in [2.75, 3.05) is 25.0 Å². The van der Waals surface area contributed by atoms with Crippen molar-refractivity contribution in [1.82, 2.24) is 15.2 Å². The molecule has 0 saturated heterocycles. The lowest BCUT2D eigenvalue weighted by Gasteiger charge is -2.13. The molecule has 0 saturated carbocycles. The monoisotopic (exact) mass is 478 g/mol. The summed E-state index contributed by atoms with van der Waals surface area (Å²) in [5.41, 5.74) is 2.73. The molecule has 0 bridgehead atoms. The molecular formula is C26H27ClN4O3. The molecule has 2 N–H and O–H groups in total. The summed E-state index contributed by atoms with van der Waals surface area (Å²) in [6.07, 6.45) is 5.85. The fraction of sp³-hybridized carbons (Fsp3) is 0.308. The fourth-order valence-corrected chi connectivity index (χ4v) is 4.24. The Morgan fingerprint density at radius 3 is 2.35 bits per heavy atom. The van der Waals surface area contributed by atoms with Crippen molar-refractivity contribution in [1.29, 1.82) is 0 Å². The number of aromatic nitrogens is 1. The molecule has 3 aromatic rings. The van der Waals surface area contributed by atoms with Crippen LogP contribution in [0.4, 0.5) is 5.69 Å². The molecule has 1 aliphatic heterocycles. The predicted molar refractivity (Wildman–Crippen MR) is 133 cm³/mol. The molecule has 0 atom stereocenters. The summed E-state index contributed by atoms with van der Waals surface area (Å²) < 4.78 is 0. The Balaban J connectivity index is 1.08. The maximum atomic E-state index is 12.3. The summed E-state index contributed by atoms with van der Waals surface area (Å²) >= 11 is 6.04. The summed E-state index contributed by atoms with van der Waals surface area (Å²) in [5, 5.41) is 8.06. The molecule has 4 rings (SSSR count). The normalized spacial score (nSPS) is 12.8. The van der Waals surface area contributed by atoms with E-state index in [-0.39, 0.29) is 30.7 Å². The van der Waals surface area contributed by atoms with Crippen LogP contribution in [0.1, 0.15) is 52.8 Å². The number of benzene rings is 2. The van der Waals surface area contributed by atoms with Crippen LogP contribution < -0.4 is 10.6 Å². The number of carbonyl (C=O) groups excluding carboxylic acids is 3. The number of unbranched alkanes of at least 4 members (excludes halogenated alkanes) is 3. The number of fused-ring (bicyclic) bond motifs is 2. The summed E-state index contributed by atoms with van der Waals surface area (Å²) in [4.78, 5) is 42.3. The van der Waals surface area contributed by atoms with Gasteiger partial charge < -0.3 is 10.6 Å². The van der Waals surface area contributed by atoms with E-state index in [1.165, 1.54) is 0 Å². The molecule has 1 aromatic heterocycles. The molecule has 34 heavy (non-hydrogen) atoms. The molecule has 1 aliphatic rings. The van der Waals surface area contributed by atoms with Gasteiger partial charge in [-0.2, -0.15) is 0 Å². The molecule has 0 spiro atoms. The highest BCUT2D eigenvalue weighted by Gasteiger charge is 2.34.